The number of aromatic nitrogens is 2. The number of rotatable bonds is 4. The van der Waals surface area contributed by atoms with Crippen LogP contribution in [-0.2, 0) is 9.59 Å². The highest BCUT2D eigenvalue weighted by Gasteiger charge is 2.34. The lowest BCUT2D eigenvalue weighted by molar-refractivity contribution is -0.128. The molecule has 6 nitrogen and oxygen atoms in total. The van der Waals surface area contributed by atoms with Gasteiger partial charge in [0.05, 0.1) is 0 Å². The zero-order chi connectivity index (χ0) is 16.4. The third-order valence-corrected chi connectivity index (χ3v) is 4.21. The number of anilines is 1. The van der Waals surface area contributed by atoms with Gasteiger partial charge in [-0.05, 0) is 43.7 Å². The van der Waals surface area contributed by atoms with Crippen molar-refractivity contribution in [1.29, 1.82) is 0 Å². The van der Waals surface area contributed by atoms with Crippen LogP contribution in [0.3, 0.4) is 0 Å². The number of carbonyl (C=O) groups is 2. The SMILES string of the molecule is C[C@@H](C(=O)N[C@@H]1CCN(c2ccc(Cl)cc2)C1=O)n1cccn1. The highest BCUT2D eigenvalue weighted by atomic mass is 35.5. The molecule has 3 rings (SSSR count). The molecule has 0 bridgehead atoms. The lowest BCUT2D eigenvalue weighted by Gasteiger charge is -2.19. The second-order valence-electron chi connectivity index (χ2n) is 5.48. The van der Waals surface area contributed by atoms with E-state index in [9.17, 15) is 9.59 Å². The number of hydrogen-bond acceptors (Lipinski definition) is 3. The van der Waals surface area contributed by atoms with Gasteiger partial charge in [0.2, 0.25) is 11.8 Å². The summed E-state index contributed by atoms with van der Waals surface area (Å²) in [6.07, 6.45) is 3.92. The third kappa shape index (κ3) is 3.22. The second-order valence-corrected chi connectivity index (χ2v) is 5.91. The molecule has 0 saturated carbocycles. The number of benzene rings is 1. The fourth-order valence-corrected chi connectivity index (χ4v) is 2.74. The molecule has 1 saturated heterocycles. The third-order valence-electron chi connectivity index (χ3n) is 3.96. The molecular formula is C16H17ClN4O2. The van der Waals surface area contributed by atoms with E-state index in [1.165, 1.54) is 0 Å². The van der Waals surface area contributed by atoms with Gasteiger partial charge in [-0.1, -0.05) is 11.6 Å². The van der Waals surface area contributed by atoms with Gasteiger partial charge >= 0.3 is 0 Å². The predicted octanol–water partition coefficient (Wildman–Crippen LogP) is 2.02. The molecule has 7 heteroatoms. The lowest BCUT2D eigenvalue weighted by Crippen LogP contribution is -2.44. The van der Waals surface area contributed by atoms with Crippen LogP contribution in [0.25, 0.3) is 0 Å². The molecule has 0 aliphatic carbocycles. The van der Waals surface area contributed by atoms with Crippen LogP contribution < -0.4 is 10.2 Å². The van der Waals surface area contributed by atoms with Crippen molar-refractivity contribution >= 4 is 29.1 Å². The van der Waals surface area contributed by atoms with Gasteiger partial charge in [0.15, 0.2) is 0 Å². The zero-order valence-corrected chi connectivity index (χ0v) is 13.4. The molecule has 1 N–H and O–H groups in total. The Balaban J connectivity index is 1.65. The lowest BCUT2D eigenvalue weighted by atomic mass is 10.2. The molecule has 1 aliphatic rings. The molecule has 1 aromatic carbocycles. The highest BCUT2D eigenvalue weighted by Crippen LogP contribution is 2.23. The van der Waals surface area contributed by atoms with Crippen LogP contribution in [0.5, 0.6) is 0 Å². The van der Waals surface area contributed by atoms with Gasteiger partial charge < -0.3 is 10.2 Å². The number of nitrogens with zero attached hydrogens (tertiary/aromatic N) is 3. The first kappa shape index (κ1) is 15.6. The summed E-state index contributed by atoms with van der Waals surface area (Å²) >= 11 is 5.87. The van der Waals surface area contributed by atoms with E-state index in [-0.39, 0.29) is 11.8 Å². The van der Waals surface area contributed by atoms with Gasteiger partial charge in [-0.15, -0.1) is 0 Å². The van der Waals surface area contributed by atoms with Crippen molar-refractivity contribution in [3.8, 4) is 0 Å². The molecule has 23 heavy (non-hydrogen) atoms. The van der Waals surface area contributed by atoms with E-state index in [4.69, 9.17) is 11.6 Å². The number of hydrogen-bond donors (Lipinski definition) is 1. The van der Waals surface area contributed by atoms with E-state index in [2.05, 4.69) is 10.4 Å². The Bertz CT molecular complexity index is 699. The van der Waals surface area contributed by atoms with Gasteiger partial charge in [0, 0.05) is 29.6 Å². The van der Waals surface area contributed by atoms with Crippen LogP contribution in [0, 0.1) is 0 Å². The number of amides is 2. The first-order valence-corrected chi connectivity index (χ1v) is 7.80. The molecule has 0 spiro atoms. The molecule has 2 heterocycles. The van der Waals surface area contributed by atoms with Gasteiger partial charge in [-0.2, -0.15) is 5.10 Å². The summed E-state index contributed by atoms with van der Waals surface area (Å²) < 4.78 is 1.56. The molecule has 0 radical (unpaired) electrons. The normalized spacial score (nSPS) is 19.0. The molecule has 1 fully saturated rings. The second kappa shape index (κ2) is 6.42. The number of nitrogens with one attached hydrogen (secondary N) is 1. The van der Waals surface area contributed by atoms with E-state index < -0.39 is 12.1 Å². The Labute approximate surface area is 139 Å². The quantitative estimate of drug-likeness (QED) is 0.931. The van der Waals surface area contributed by atoms with Gasteiger partial charge in [0.1, 0.15) is 12.1 Å². The highest BCUT2D eigenvalue weighted by molar-refractivity contribution is 6.30. The van der Waals surface area contributed by atoms with Crippen LogP contribution >= 0.6 is 11.6 Å². The van der Waals surface area contributed by atoms with E-state index in [0.29, 0.717) is 18.0 Å². The Morgan fingerprint density at radius 3 is 2.78 bits per heavy atom. The van der Waals surface area contributed by atoms with Crippen LogP contribution in [0.2, 0.25) is 5.02 Å². The van der Waals surface area contributed by atoms with Gasteiger partial charge in [0.25, 0.3) is 0 Å². The Morgan fingerprint density at radius 1 is 1.39 bits per heavy atom. The van der Waals surface area contributed by atoms with Crippen molar-refractivity contribution in [1.82, 2.24) is 15.1 Å². The van der Waals surface area contributed by atoms with Crippen molar-refractivity contribution in [2.45, 2.75) is 25.4 Å². The summed E-state index contributed by atoms with van der Waals surface area (Å²) in [5, 5.41) is 7.48. The fourth-order valence-electron chi connectivity index (χ4n) is 2.61. The van der Waals surface area contributed by atoms with Crippen molar-refractivity contribution in [3.63, 3.8) is 0 Å². The van der Waals surface area contributed by atoms with Crippen LogP contribution in [0.15, 0.2) is 42.7 Å². The smallest absolute Gasteiger partial charge is 0.249 e. The largest absolute Gasteiger partial charge is 0.342 e. The Morgan fingerprint density at radius 2 is 2.13 bits per heavy atom. The summed E-state index contributed by atoms with van der Waals surface area (Å²) in [5.41, 5.74) is 0.788. The molecule has 1 aromatic heterocycles. The van der Waals surface area contributed by atoms with Crippen molar-refractivity contribution in [2.75, 3.05) is 11.4 Å². The maximum atomic E-state index is 12.5. The van der Waals surface area contributed by atoms with Crippen molar-refractivity contribution < 1.29 is 9.59 Å². The number of halogens is 1. The Kier molecular flexibility index (Phi) is 4.34. The summed E-state index contributed by atoms with van der Waals surface area (Å²) in [7, 11) is 0. The summed E-state index contributed by atoms with van der Waals surface area (Å²) in [5.74, 6) is -0.321. The standard InChI is InChI=1S/C16H17ClN4O2/c1-11(21-9-2-8-18-21)15(22)19-14-7-10-20(16(14)23)13-5-3-12(17)4-6-13/h2-6,8-9,11,14H,7,10H2,1H3,(H,19,22)/t11-,14+/m0/s1. The van der Waals surface area contributed by atoms with E-state index >= 15 is 0 Å². The minimum Gasteiger partial charge on any atom is -0.342 e. The number of carbonyl (C=O) groups excluding carboxylic acids is 2. The fraction of sp³-hybridized carbons (Fsp3) is 0.312. The minimum absolute atomic E-state index is 0.103. The maximum absolute atomic E-state index is 12.5. The molecule has 2 aromatic rings. The van der Waals surface area contributed by atoms with Crippen LogP contribution in [-0.4, -0.2) is 34.2 Å². The molecule has 2 atom stereocenters. The summed E-state index contributed by atoms with van der Waals surface area (Å²) in [6.45, 7) is 2.32. The molecule has 120 valence electrons. The molecule has 0 unspecified atom stereocenters. The first-order valence-electron chi connectivity index (χ1n) is 7.42. The van der Waals surface area contributed by atoms with E-state index in [1.807, 2.05) is 0 Å². The predicted molar refractivity (Wildman–Crippen MR) is 87.3 cm³/mol. The zero-order valence-electron chi connectivity index (χ0n) is 12.6. The molecular weight excluding hydrogens is 316 g/mol. The average molecular weight is 333 g/mol. The van der Waals surface area contributed by atoms with Crippen LogP contribution in [0.1, 0.15) is 19.4 Å². The monoisotopic (exact) mass is 332 g/mol. The van der Waals surface area contributed by atoms with Crippen molar-refractivity contribution in [2.24, 2.45) is 0 Å². The van der Waals surface area contributed by atoms with E-state index in [1.54, 1.807) is 59.2 Å². The van der Waals surface area contributed by atoms with E-state index in [0.717, 1.165) is 5.69 Å². The minimum atomic E-state index is -0.504. The van der Waals surface area contributed by atoms with Gasteiger partial charge in [-0.3, -0.25) is 14.3 Å². The maximum Gasteiger partial charge on any atom is 0.249 e. The Hall–Kier alpha value is -2.34. The van der Waals surface area contributed by atoms with Crippen molar-refractivity contribution in [3.05, 3.63) is 47.7 Å². The summed E-state index contributed by atoms with van der Waals surface area (Å²) in [4.78, 5) is 26.4. The first-order chi connectivity index (χ1) is 11.1. The van der Waals surface area contributed by atoms with Gasteiger partial charge in [-0.25, -0.2) is 0 Å². The summed E-state index contributed by atoms with van der Waals surface area (Å²) in [6, 6.07) is 7.89. The topological polar surface area (TPSA) is 67.2 Å². The van der Waals surface area contributed by atoms with Crippen LogP contribution in [0.4, 0.5) is 5.69 Å². The average Bonchev–Trinajstić information content (AvgIpc) is 3.19. The molecule has 1 aliphatic heterocycles. The molecule has 2 amide bonds.